The van der Waals surface area contributed by atoms with Crippen LogP contribution in [0.15, 0.2) is 54.6 Å². The van der Waals surface area contributed by atoms with E-state index in [2.05, 4.69) is 22.5 Å². The van der Waals surface area contributed by atoms with Gasteiger partial charge in [0.05, 0.1) is 17.1 Å². The molecule has 4 nitrogen and oxygen atoms in total. The van der Waals surface area contributed by atoms with Crippen LogP contribution in [0.4, 0.5) is 10.1 Å². The molecule has 2 aromatic heterocycles. The van der Waals surface area contributed by atoms with Crippen LogP contribution in [-0.2, 0) is 6.54 Å². The number of nitrogens with one attached hydrogen (secondary N) is 1. The van der Waals surface area contributed by atoms with Gasteiger partial charge in [0.15, 0.2) is 0 Å². The van der Waals surface area contributed by atoms with Gasteiger partial charge in [0.25, 0.3) is 5.91 Å². The minimum Gasteiger partial charge on any atom is -0.321 e. The van der Waals surface area contributed by atoms with Crippen LogP contribution in [0, 0.1) is 19.7 Å². The molecule has 0 aliphatic carbocycles. The largest absolute Gasteiger partial charge is 0.321 e. The van der Waals surface area contributed by atoms with E-state index >= 15 is 0 Å². The Morgan fingerprint density at radius 2 is 1.93 bits per heavy atom. The molecule has 136 valence electrons. The molecule has 6 heteroatoms. The second kappa shape index (κ2) is 6.96. The highest BCUT2D eigenvalue weighted by Crippen LogP contribution is 2.30. The van der Waals surface area contributed by atoms with E-state index < -0.39 is 0 Å². The molecular formula is C21H18FN3OS. The van der Waals surface area contributed by atoms with E-state index in [-0.39, 0.29) is 11.7 Å². The van der Waals surface area contributed by atoms with Gasteiger partial charge in [-0.15, -0.1) is 11.3 Å². The van der Waals surface area contributed by atoms with Crippen molar-refractivity contribution in [3.8, 4) is 0 Å². The summed E-state index contributed by atoms with van der Waals surface area (Å²) in [7, 11) is 0. The summed E-state index contributed by atoms with van der Waals surface area (Å²) in [4.78, 5) is 14.2. The van der Waals surface area contributed by atoms with E-state index in [1.165, 1.54) is 23.5 Å². The number of halogens is 1. The van der Waals surface area contributed by atoms with Crippen LogP contribution in [0.2, 0.25) is 0 Å². The van der Waals surface area contributed by atoms with Crippen LogP contribution in [0.5, 0.6) is 0 Å². The van der Waals surface area contributed by atoms with Gasteiger partial charge >= 0.3 is 0 Å². The summed E-state index contributed by atoms with van der Waals surface area (Å²) < 4.78 is 15.4. The molecule has 4 rings (SSSR count). The molecule has 1 N–H and O–H groups in total. The number of benzene rings is 2. The second-order valence-corrected chi connectivity index (χ2v) is 7.50. The lowest BCUT2D eigenvalue weighted by molar-refractivity contribution is 0.103. The molecule has 0 aliphatic rings. The Hall–Kier alpha value is -2.99. The van der Waals surface area contributed by atoms with Crippen molar-refractivity contribution in [2.45, 2.75) is 20.4 Å². The first-order chi connectivity index (χ1) is 13.0. The van der Waals surface area contributed by atoms with Crippen LogP contribution in [0.3, 0.4) is 0 Å². The van der Waals surface area contributed by atoms with Crippen molar-refractivity contribution in [3.63, 3.8) is 0 Å². The molecule has 0 atom stereocenters. The minimum atomic E-state index is -0.374. The number of aryl methyl sites for hydroxylation is 2. The number of rotatable bonds is 4. The maximum Gasteiger partial charge on any atom is 0.265 e. The Bertz CT molecular complexity index is 1130. The minimum absolute atomic E-state index is 0.240. The highest BCUT2D eigenvalue weighted by molar-refractivity contribution is 7.20. The fraction of sp³-hybridized carbons (Fsp3) is 0.143. The summed E-state index contributed by atoms with van der Waals surface area (Å²) in [5, 5.41) is 8.38. The van der Waals surface area contributed by atoms with Crippen LogP contribution in [-0.4, -0.2) is 15.7 Å². The SMILES string of the molecule is Cc1ccc(F)cc1NC(=O)c1cc2c(C)nn(Cc3ccccc3)c2s1. The number of nitrogens with zero attached hydrogens (tertiary/aromatic N) is 2. The first kappa shape index (κ1) is 17.4. The summed E-state index contributed by atoms with van der Waals surface area (Å²) >= 11 is 1.40. The fourth-order valence-corrected chi connectivity index (χ4v) is 4.06. The summed E-state index contributed by atoms with van der Waals surface area (Å²) in [5.74, 6) is -0.614. The van der Waals surface area contributed by atoms with Gasteiger partial charge in [0.2, 0.25) is 0 Å². The zero-order chi connectivity index (χ0) is 19.0. The van der Waals surface area contributed by atoms with Crippen molar-refractivity contribution in [2.75, 3.05) is 5.32 Å². The third-order valence-electron chi connectivity index (χ3n) is 4.45. The lowest BCUT2D eigenvalue weighted by Crippen LogP contribution is -2.11. The summed E-state index contributed by atoms with van der Waals surface area (Å²) in [5.41, 5.74) is 3.34. The van der Waals surface area contributed by atoms with Crippen LogP contribution < -0.4 is 5.32 Å². The van der Waals surface area contributed by atoms with E-state index in [0.29, 0.717) is 17.1 Å². The third kappa shape index (κ3) is 3.48. The Labute approximate surface area is 160 Å². The second-order valence-electron chi connectivity index (χ2n) is 6.47. The smallest absolute Gasteiger partial charge is 0.265 e. The molecule has 27 heavy (non-hydrogen) atoms. The van der Waals surface area contributed by atoms with E-state index in [1.807, 2.05) is 42.8 Å². The molecule has 2 heterocycles. The number of anilines is 1. The van der Waals surface area contributed by atoms with Crippen LogP contribution >= 0.6 is 11.3 Å². The fourth-order valence-electron chi connectivity index (χ4n) is 3.00. The van der Waals surface area contributed by atoms with Gasteiger partial charge in [-0.1, -0.05) is 36.4 Å². The van der Waals surface area contributed by atoms with Crippen LogP contribution in [0.1, 0.15) is 26.5 Å². The molecule has 0 unspecified atom stereocenters. The molecular weight excluding hydrogens is 361 g/mol. The van der Waals surface area contributed by atoms with Gasteiger partial charge in [-0.05, 0) is 43.2 Å². The molecule has 0 aliphatic heterocycles. The maximum atomic E-state index is 13.5. The first-order valence-electron chi connectivity index (χ1n) is 8.59. The number of carbonyl (C=O) groups excluding carboxylic acids is 1. The molecule has 0 saturated carbocycles. The number of hydrogen-bond donors (Lipinski definition) is 1. The van der Waals surface area contributed by atoms with Crippen molar-refractivity contribution in [1.29, 1.82) is 0 Å². The maximum absolute atomic E-state index is 13.5. The number of thiophene rings is 1. The zero-order valence-electron chi connectivity index (χ0n) is 15.0. The summed E-state index contributed by atoms with van der Waals surface area (Å²) in [6.45, 7) is 4.42. The Kier molecular flexibility index (Phi) is 4.49. The first-order valence-corrected chi connectivity index (χ1v) is 9.41. The Morgan fingerprint density at radius 1 is 1.15 bits per heavy atom. The predicted octanol–water partition coefficient (Wildman–Crippen LogP) is 5.15. The molecule has 0 bridgehead atoms. The van der Waals surface area contributed by atoms with Crippen LogP contribution in [0.25, 0.3) is 10.2 Å². The standard InChI is InChI=1S/C21H18FN3OS/c1-13-8-9-16(22)10-18(13)23-20(26)19-11-17-14(2)24-25(21(17)27-19)12-15-6-4-3-5-7-15/h3-11H,12H2,1-2H3,(H,23,26). The topological polar surface area (TPSA) is 46.9 Å². The highest BCUT2D eigenvalue weighted by Gasteiger charge is 2.17. The van der Waals surface area contributed by atoms with Crippen molar-refractivity contribution in [2.24, 2.45) is 0 Å². The molecule has 0 spiro atoms. The lowest BCUT2D eigenvalue weighted by Gasteiger charge is -2.07. The molecule has 4 aromatic rings. The van der Waals surface area contributed by atoms with Gasteiger partial charge < -0.3 is 5.32 Å². The summed E-state index contributed by atoms with van der Waals surface area (Å²) in [6, 6.07) is 16.3. The van der Waals surface area contributed by atoms with E-state index in [9.17, 15) is 9.18 Å². The number of hydrogen-bond acceptors (Lipinski definition) is 3. The number of carbonyl (C=O) groups is 1. The van der Waals surface area contributed by atoms with E-state index in [4.69, 9.17) is 0 Å². The van der Waals surface area contributed by atoms with E-state index in [1.54, 1.807) is 6.07 Å². The van der Waals surface area contributed by atoms with Crippen molar-refractivity contribution in [3.05, 3.63) is 82.1 Å². The Balaban J connectivity index is 1.64. The Morgan fingerprint density at radius 3 is 2.70 bits per heavy atom. The van der Waals surface area contributed by atoms with Gasteiger partial charge in [0, 0.05) is 11.1 Å². The quantitative estimate of drug-likeness (QED) is 0.533. The number of amides is 1. The molecule has 1 amide bonds. The highest BCUT2D eigenvalue weighted by atomic mass is 32.1. The van der Waals surface area contributed by atoms with Crippen molar-refractivity contribution in [1.82, 2.24) is 9.78 Å². The molecule has 0 fully saturated rings. The lowest BCUT2D eigenvalue weighted by atomic mass is 10.2. The molecule has 0 radical (unpaired) electrons. The van der Waals surface area contributed by atoms with Gasteiger partial charge in [0.1, 0.15) is 10.6 Å². The zero-order valence-corrected chi connectivity index (χ0v) is 15.8. The molecule has 0 saturated heterocycles. The summed E-state index contributed by atoms with van der Waals surface area (Å²) in [6.07, 6.45) is 0. The average molecular weight is 379 g/mol. The average Bonchev–Trinajstić information content (AvgIpc) is 3.21. The van der Waals surface area contributed by atoms with Gasteiger partial charge in [-0.2, -0.15) is 5.10 Å². The van der Waals surface area contributed by atoms with Crippen molar-refractivity contribution >= 4 is 33.1 Å². The van der Waals surface area contributed by atoms with Gasteiger partial charge in [-0.3, -0.25) is 9.48 Å². The third-order valence-corrected chi connectivity index (χ3v) is 5.60. The monoisotopic (exact) mass is 379 g/mol. The van der Waals surface area contributed by atoms with E-state index in [0.717, 1.165) is 27.0 Å². The number of fused-ring (bicyclic) bond motifs is 1. The number of aromatic nitrogens is 2. The molecule has 2 aromatic carbocycles. The normalized spacial score (nSPS) is 11.1. The van der Waals surface area contributed by atoms with Gasteiger partial charge in [-0.25, -0.2) is 4.39 Å². The van der Waals surface area contributed by atoms with Crippen molar-refractivity contribution < 1.29 is 9.18 Å². The predicted molar refractivity (Wildman–Crippen MR) is 107 cm³/mol.